The normalized spacial score (nSPS) is 16.0. The van der Waals surface area contributed by atoms with E-state index in [0.29, 0.717) is 27.8 Å². The van der Waals surface area contributed by atoms with Crippen molar-refractivity contribution in [3.63, 3.8) is 0 Å². The Morgan fingerprint density at radius 1 is 1.35 bits per heavy atom. The summed E-state index contributed by atoms with van der Waals surface area (Å²) in [6, 6.07) is 4.10. The molecule has 7 heteroatoms. The molecule has 0 aliphatic carbocycles. The molecule has 1 atom stereocenters. The van der Waals surface area contributed by atoms with Crippen molar-refractivity contribution in [2.24, 2.45) is 0 Å². The average molecular weight is 381 g/mol. The Balaban J connectivity index is 0.000000924. The molecule has 0 bridgehead atoms. The summed E-state index contributed by atoms with van der Waals surface area (Å²) in [6.07, 6.45) is 0.485. The third kappa shape index (κ3) is 3.50. The first-order chi connectivity index (χ1) is 11.0. The number of halogens is 2. The van der Waals surface area contributed by atoms with E-state index in [4.69, 9.17) is 5.73 Å². The summed E-state index contributed by atoms with van der Waals surface area (Å²) >= 11 is 3.32. The summed E-state index contributed by atoms with van der Waals surface area (Å²) in [5, 5.41) is 2.90. The molecule has 1 aliphatic rings. The third-order valence-electron chi connectivity index (χ3n) is 3.45. The van der Waals surface area contributed by atoms with E-state index >= 15 is 0 Å². The largest absolute Gasteiger partial charge is 0.368 e. The number of hydrogen-bond donors (Lipinski definition) is 2. The Morgan fingerprint density at radius 3 is 2.70 bits per heavy atom. The predicted molar refractivity (Wildman–Crippen MR) is 90.5 cm³/mol. The van der Waals surface area contributed by atoms with Crippen LogP contribution in [0.15, 0.2) is 22.7 Å². The monoisotopic (exact) mass is 380 g/mol. The maximum Gasteiger partial charge on any atom is 0.255 e. The van der Waals surface area contributed by atoms with E-state index in [9.17, 15) is 9.18 Å². The van der Waals surface area contributed by atoms with Gasteiger partial charge in [-0.15, -0.1) is 0 Å². The third-order valence-corrected chi connectivity index (χ3v) is 4.14. The van der Waals surface area contributed by atoms with Crippen molar-refractivity contribution in [2.75, 3.05) is 5.73 Å². The molecule has 1 unspecified atom stereocenters. The first-order valence-electron chi connectivity index (χ1n) is 7.34. The van der Waals surface area contributed by atoms with Gasteiger partial charge in [-0.3, -0.25) is 4.79 Å². The first-order valence-corrected chi connectivity index (χ1v) is 8.14. The highest BCUT2D eigenvalue weighted by molar-refractivity contribution is 9.10. The number of carbonyl (C=O) groups is 1. The SMILES string of the molecule is CC.Cc1nc(N)nc2c1C(=O)NC(c1ccc(F)cc1Br)C2. The Hall–Kier alpha value is -2.02. The van der Waals surface area contributed by atoms with Crippen LogP contribution >= 0.6 is 15.9 Å². The molecule has 0 saturated heterocycles. The van der Waals surface area contributed by atoms with Gasteiger partial charge in [0.2, 0.25) is 5.95 Å². The van der Waals surface area contributed by atoms with Crippen molar-refractivity contribution in [3.8, 4) is 0 Å². The highest BCUT2D eigenvalue weighted by atomic mass is 79.9. The molecule has 1 aliphatic heterocycles. The fourth-order valence-electron chi connectivity index (χ4n) is 2.55. The number of anilines is 1. The van der Waals surface area contributed by atoms with Crippen LogP contribution in [0.4, 0.5) is 10.3 Å². The molecule has 1 aromatic carbocycles. The van der Waals surface area contributed by atoms with Crippen LogP contribution in [0.5, 0.6) is 0 Å². The van der Waals surface area contributed by atoms with Crippen LogP contribution in [0.25, 0.3) is 0 Å². The Labute approximate surface area is 142 Å². The van der Waals surface area contributed by atoms with Gasteiger partial charge in [0.15, 0.2) is 0 Å². The molecule has 2 heterocycles. The average Bonchev–Trinajstić information content (AvgIpc) is 2.47. The van der Waals surface area contributed by atoms with Gasteiger partial charge in [0.05, 0.1) is 23.0 Å². The quantitative estimate of drug-likeness (QED) is 0.794. The van der Waals surface area contributed by atoms with E-state index in [2.05, 4.69) is 31.2 Å². The molecule has 3 N–H and O–H groups in total. The number of aryl methyl sites for hydroxylation is 1. The van der Waals surface area contributed by atoms with Gasteiger partial charge in [0.1, 0.15) is 5.82 Å². The summed E-state index contributed by atoms with van der Waals surface area (Å²) < 4.78 is 13.8. The maximum atomic E-state index is 13.2. The van der Waals surface area contributed by atoms with Crippen molar-refractivity contribution < 1.29 is 9.18 Å². The lowest BCUT2D eigenvalue weighted by Gasteiger charge is -2.26. The van der Waals surface area contributed by atoms with Gasteiger partial charge in [-0.1, -0.05) is 35.8 Å². The van der Waals surface area contributed by atoms with E-state index in [1.165, 1.54) is 12.1 Å². The summed E-state index contributed by atoms with van der Waals surface area (Å²) in [7, 11) is 0. The molecule has 2 aromatic rings. The molecule has 0 fully saturated rings. The van der Waals surface area contributed by atoms with Gasteiger partial charge in [0, 0.05) is 10.9 Å². The number of aromatic nitrogens is 2. The second-order valence-corrected chi connectivity index (χ2v) is 5.74. The Kier molecular flexibility index (Phi) is 5.30. The summed E-state index contributed by atoms with van der Waals surface area (Å²) in [6.45, 7) is 5.73. The zero-order chi connectivity index (χ0) is 17.1. The number of carbonyl (C=O) groups excluding carboxylic acids is 1. The van der Waals surface area contributed by atoms with Crippen molar-refractivity contribution in [1.82, 2.24) is 15.3 Å². The topological polar surface area (TPSA) is 80.9 Å². The maximum absolute atomic E-state index is 13.2. The van der Waals surface area contributed by atoms with Crippen LogP contribution in [0.3, 0.4) is 0 Å². The first kappa shape index (κ1) is 17.3. The number of nitrogens with one attached hydrogen (secondary N) is 1. The van der Waals surface area contributed by atoms with E-state index in [-0.39, 0.29) is 23.7 Å². The van der Waals surface area contributed by atoms with Gasteiger partial charge in [-0.2, -0.15) is 0 Å². The highest BCUT2D eigenvalue weighted by Gasteiger charge is 2.29. The Bertz CT molecular complexity index is 751. The van der Waals surface area contributed by atoms with E-state index in [1.54, 1.807) is 13.0 Å². The van der Waals surface area contributed by atoms with Crippen LogP contribution in [-0.2, 0) is 6.42 Å². The molecule has 0 spiro atoms. The van der Waals surface area contributed by atoms with Gasteiger partial charge < -0.3 is 11.1 Å². The van der Waals surface area contributed by atoms with Crippen LogP contribution in [0.1, 0.15) is 47.2 Å². The van der Waals surface area contributed by atoms with Crippen LogP contribution in [-0.4, -0.2) is 15.9 Å². The summed E-state index contributed by atoms with van der Waals surface area (Å²) in [4.78, 5) is 20.4. The second-order valence-electron chi connectivity index (χ2n) is 4.88. The molecular formula is C16H18BrFN4O. The number of benzene rings is 1. The lowest BCUT2D eigenvalue weighted by molar-refractivity contribution is 0.0922. The fourth-order valence-corrected chi connectivity index (χ4v) is 3.17. The molecule has 5 nitrogen and oxygen atoms in total. The van der Waals surface area contributed by atoms with Gasteiger partial charge >= 0.3 is 0 Å². The number of amides is 1. The van der Waals surface area contributed by atoms with Crippen molar-refractivity contribution in [1.29, 1.82) is 0 Å². The van der Waals surface area contributed by atoms with Crippen molar-refractivity contribution in [3.05, 3.63) is 51.0 Å². The molecule has 0 saturated carbocycles. The number of fused-ring (bicyclic) bond motifs is 1. The smallest absolute Gasteiger partial charge is 0.255 e. The van der Waals surface area contributed by atoms with E-state index in [0.717, 1.165) is 5.56 Å². The number of nitrogen functional groups attached to an aromatic ring is 1. The summed E-state index contributed by atoms with van der Waals surface area (Å²) in [5.41, 5.74) is 8.09. The minimum absolute atomic E-state index is 0.151. The Morgan fingerprint density at radius 2 is 2.04 bits per heavy atom. The number of nitrogens with zero attached hydrogens (tertiary/aromatic N) is 2. The predicted octanol–water partition coefficient (Wildman–Crippen LogP) is 3.32. The molecule has 1 aromatic heterocycles. The standard InChI is InChI=1S/C14H12BrFN4O.C2H6/c1-6-12-11(20-14(17)18-6)5-10(19-13(12)21)8-3-2-7(16)4-9(8)15;1-2/h2-4,10H,5H2,1H3,(H,19,21)(H2,17,18,20);1-2H3. The molecule has 3 rings (SSSR count). The van der Waals surface area contributed by atoms with Gasteiger partial charge in [-0.05, 0) is 24.6 Å². The van der Waals surface area contributed by atoms with Crippen molar-refractivity contribution >= 4 is 27.8 Å². The van der Waals surface area contributed by atoms with Crippen molar-refractivity contribution in [2.45, 2.75) is 33.2 Å². The van der Waals surface area contributed by atoms with Crippen LogP contribution < -0.4 is 11.1 Å². The van der Waals surface area contributed by atoms with E-state index in [1.807, 2.05) is 13.8 Å². The lowest BCUT2D eigenvalue weighted by Crippen LogP contribution is -2.37. The molecule has 23 heavy (non-hydrogen) atoms. The van der Waals surface area contributed by atoms with Gasteiger partial charge in [0.25, 0.3) is 5.91 Å². The highest BCUT2D eigenvalue weighted by Crippen LogP contribution is 2.31. The van der Waals surface area contributed by atoms with Crippen LogP contribution in [0.2, 0.25) is 0 Å². The number of hydrogen-bond acceptors (Lipinski definition) is 4. The van der Waals surface area contributed by atoms with Gasteiger partial charge in [-0.25, -0.2) is 14.4 Å². The lowest BCUT2D eigenvalue weighted by atomic mass is 9.94. The second kappa shape index (κ2) is 7.04. The molecule has 1 amide bonds. The minimum atomic E-state index is -0.337. The molecule has 0 radical (unpaired) electrons. The van der Waals surface area contributed by atoms with E-state index < -0.39 is 0 Å². The molecular weight excluding hydrogens is 363 g/mol. The number of nitrogens with two attached hydrogens (primary N) is 1. The molecule has 122 valence electrons. The zero-order valence-electron chi connectivity index (χ0n) is 13.2. The summed E-state index contributed by atoms with van der Waals surface area (Å²) in [5.74, 6) is -0.427. The van der Waals surface area contributed by atoms with Crippen LogP contribution in [0, 0.1) is 12.7 Å². The zero-order valence-corrected chi connectivity index (χ0v) is 14.7. The minimum Gasteiger partial charge on any atom is -0.368 e. The fraction of sp³-hybridized carbons (Fsp3) is 0.312. The number of rotatable bonds is 1.